The van der Waals surface area contributed by atoms with Crippen LogP contribution in [0, 0.1) is 0 Å². The van der Waals surface area contributed by atoms with Gasteiger partial charge in [0.1, 0.15) is 18.2 Å². The van der Waals surface area contributed by atoms with E-state index in [0.29, 0.717) is 19.0 Å². The lowest BCUT2D eigenvalue weighted by atomic mass is 10.1. The molecule has 0 saturated carbocycles. The van der Waals surface area contributed by atoms with Gasteiger partial charge in [-0.2, -0.15) is 5.10 Å². The molecule has 18 heavy (non-hydrogen) atoms. The first-order valence-corrected chi connectivity index (χ1v) is 5.72. The van der Waals surface area contributed by atoms with Crippen LogP contribution in [0.15, 0.2) is 30.3 Å². The summed E-state index contributed by atoms with van der Waals surface area (Å²) >= 11 is 0. The van der Waals surface area contributed by atoms with E-state index < -0.39 is 0 Å². The van der Waals surface area contributed by atoms with Crippen molar-refractivity contribution in [2.45, 2.75) is 0 Å². The maximum atomic E-state index is 5.66. The number of nitrogens with two attached hydrogens (primary N) is 1. The topological polar surface area (TPSA) is 62.3 Å². The largest absolute Gasteiger partial charge is 0.491 e. The highest BCUT2D eigenvalue weighted by atomic mass is 16.5. The molecule has 0 aliphatic carbocycles. The highest BCUT2D eigenvalue weighted by Crippen LogP contribution is 2.23. The average molecular weight is 247 g/mol. The Morgan fingerprint density at radius 1 is 1.22 bits per heavy atom. The molecule has 0 spiro atoms. The molecule has 5 nitrogen and oxygen atoms in total. The first-order valence-electron chi connectivity index (χ1n) is 5.72. The van der Waals surface area contributed by atoms with Crippen molar-refractivity contribution in [3.63, 3.8) is 0 Å². The Balaban J connectivity index is 2.10. The van der Waals surface area contributed by atoms with E-state index in [-0.39, 0.29) is 0 Å². The highest BCUT2D eigenvalue weighted by Gasteiger charge is 2.05. The number of ether oxygens (including phenoxy) is 2. The lowest BCUT2D eigenvalue weighted by molar-refractivity contribution is 0.146. The molecule has 0 saturated heterocycles. The molecule has 0 atom stereocenters. The summed E-state index contributed by atoms with van der Waals surface area (Å²) in [5.74, 6) is 1.35. The molecule has 0 unspecified atom stereocenters. The molecular weight excluding hydrogens is 230 g/mol. The van der Waals surface area contributed by atoms with Gasteiger partial charge in [-0.25, -0.2) is 0 Å². The number of nitrogen functional groups attached to an aromatic ring is 1. The van der Waals surface area contributed by atoms with Crippen molar-refractivity contribution in [3.05, 3.63) is 30.3 Å². The minimum Gasteiger partial charge on any atom is -0.491 e. The van der Waals surface area contributed by atoms with E-state index in [4.69, 9.17) is 15.2 Å². The Morgan fingerprint density at radius 2 is 1.94 bits per heavy atom. The minimum absolute atomic E-state index is 0.521. The fourth-order valence-electron chi connectivity index (χ4n) is 1.72. The monoisotopic (exact) mass is 247 g/mol. The standard InChI is InChI=1S/C13H17N3O2/c1-16-12(9-13(14)15-16)10-3-5-11(6-4-10)18-8-7-17-2/h3-6,9H,7-8H2,1-2H3,(H2,14,15). The molecule has 0 amide bonds. The Hall–Kier alpha value is -2.01. The molecule has 2 rings (SSSR count). The van der Waals surface area contributed by atoms with Crippen molar-refractivity contribution >= 4 is 5.82 Å². The quantitative estimate of drug-likeness (QED) is 0.817. The highest BCUT2D eigenvalue weighted by molar-refractivity contribution is 5.63. The molecule has 5 heteroatoms. The summed E-state index contributed by atoms with van der Waals surface area (Å²) in [7, 11) is 3.52. The number of aryl methyl sites for hydroxylation is 1. The number of aromatic nitrogens is 2. The van der Waals surface area contributed by atoms with Crippen LogP contribution >= 0.6 is 0 Å². The van der Waals surface area contributed by atoms with Crippen LogP contribution in [0.25, 0.3) is 11.3 Å². The summed E-state index contributed by atoms with van der Waals surface area (Å²) < 4.78 is 12.2. The zero-order valence-corrected chi connectivity index (χ0v) is 10.6. The number of hydrogen-bond acceptors (Lipinski definition) is 4. The third kappa shape index (κ3) is 2.81. The molecule has 0 bridgehead atoms. The number of benzene rings is 1. The first-order chi connectivity index (χ1) is 8.70. The zero-order chi connectivity index (χ0) is 13.0. The van der Waals surface area contributed by atoms with E-state index in [9.17, 15) is 0 Å². The predicted octanol–water partition coefficient (Wildman–Crippen LogP) is 1.69. The SMILES string of the molecule is COCCOc1ccc(-c2cc(N)nn2C)cc1. The Labute approximate surface area is 106 Å². The van der Waals surface area contributed by atoms with Crippen LogP contribution in [0.5, 0.6) is 5.75 Å². The molecule has 2 aromatic rings. The van der Waals surface area contributed by atoms with Crippen molar-refractivity contribution in [2.75, 3.05) is 26.1 Å². The normalized spacial score (nSPS) is 10.6. The second-order valence-electron chi connectivity index (χ2n) is 3.94. The fraction of sp³-hybridized carbons (Fsp3) is 0.308. The molecule has 0 aliphatic heterocycles. The van der Waals surface area contributed by atoms with E-state index in [0.717, 1.165) is 17.0 Å². The van der Waals surface area contributed by atoms with E-state index >= 15 is 0 Å². The maximum Gasteiger partial charge on any atom is 0.146 e. The van der Waals surface area contributed by atoms with Gasteiger partial charge in [-0.05, 0) is 24.3 Å². The smallest absolute Gasteiger partial charge is 0.146 e. The van der Waals surface area contributed by atoms with Crippen molar-refractivity contribution in [1.82, 2.24) is 9.78 Å². The van der Waals surface area contributed by atoms with Gasteiger partial charge >= 0.3 is 0 Å². The van der Waals surface area contributed by atoms with Gasteiger partial charge in [0.2, 0.25) is 0 Å². The third-order valence-corrected chi connectivity index (χ3v) is 2.60. The van der Waals surface area contributed by atoms with Crippen LogP contribution in [0.2, 0.25) is 0 Å². The number of anilines is 1. The lowest BCUT2D eigenvalue weighted by Gasteiger charge is -2.06. The second-order valence-corrected chi connectivity index (χ2v) is 3.94. The van der Waals surface area contributed by atoms with E-state index in [1.807, 2.05) is 37.4 Å². The molecule has 2 N–H and O–H groups in total. The molecule has 1 aromatic carbocycles. The molecule has 96 valence electrons. The summed E-state index contributed by atoms with van der Waals surface area (Å²) in [4.78, 5) is 0. The van der Waals surface area contributed by atoms with Gasteiger partial charge in [0.25, 0.3) is 0 Å². The van der Waals surface area contributed by atoms with E-state index in [1.54, 1.807) is 11.8 Å². The van der Waals surface area contributed by atoms with Gasteiger partial charge in [-0.1, -0.05) is 0 Å². The Bertz CT molecular complexity index is 505. The van der Waals surface area contributed by atoms with Crippen molar-refractivity contribution in [3.8, 4) is 17.0 Å². The zero-order valence-electron chi connectivity index (χ0n) is 10.6. The lowest BCUT2D eigenvalue weighted by Crippen LogP contribution is -2.04. The minimum atomic E-state index is 0.521. The van der Waals surface area contributed by atoms with Gasteiger partial charge in [-0.15, -0.1) is 0 Å². The molecule has 1 heterocycles. The summed E-state index contributed by atoms with van der Waals surface area (Å²) in [6.45, 7) is 1.13. The van der Waals surface area contributed by atoms with E-state index in [2.05, 4.69) is 5.10 Å². The molecule has 0 radical (unpaired) electrons. The van der Waals surface area contributed by atoms with Gasteiger partial charge in [0.15, 0.2) is 0 Å². The Kier molecular flexibility index (Phi) is 3.84. The summed E-state index contributed by atoms with van der Waals surface area (Å²) in [6.07, 6.45) is 0. The van der Waals surface area contributed by atoms with E-state index in [1.165, 1.54) is 0 Å². The molecule has 0 fully saturated rings. The van der Waals surface area contributed by atoms with Crippen molar-refractivity contribution in [1.29, 1.82) is 0 Å². The number of nitrogens with zero attached hydrogens (tertiary/aromatic N) is 2. The second kappa shape index (κ2) is 5.55. The fourth-order valence-corrected chi connectivity index (χ4v) is 1.72. The van der Waals surface area contributed by atoms with Crippen LogP contribution in [-0.2, 0) is 11.8 Å². The molecule has 1 aromatic heterocycles. The van der Waals surface area contributed by atoms with Crippen molar-refractivity contribution < 1.29 is 9.47 Å². The summed E-state index contributed by atoms with van der Waals surface area (Å²) in [6, 6.07) is 9.67. The van der Waals surface area contributed by atoms with Crippen LogP contribution in [0.4, 0.5) is 5.82 Å². The number of hydrogen-bond donors (Lipinski definition) is 1. The van der Waals surface area contributed by atoms with Crippen LogP contribution in [-0.4, -0.2) is 30.1 Å². The summed E-state index contributed by atoms with van der Waals surface area (Å²) in [5.41, 5.74) is 7.70. The summed E-state index contributed by atoms with van der Waals surface area (Å²) in [5, 5.41) is 4.12. The first kappa shape index (κ1) is 12.4. The molecular formula is C13H17N3O2. The van der Waals surface area contributed by atoms with Gasteiger partial charge < -0.3 is 15.2 Å². The van der Waals surface area contributed by atoms with Crippen LogP contribution < -0.4 is 10.5 Å². The third-order valence-electron chi connectivity index (χ3n) is 2.60. The number of methoxy groups -OCH3 is 1. The Morgan fingerprint density at radius 3 is 2.50 bits per heavy atom. The van der Waals surface area contributed by atoms with Crippen molar-refractivity contribution in [2.24, 2.45) is 7.05 Å². The van der Waals surface area contributed by atoms with Crippen LogP contribution in [0.1, 0.15) is 0 Å². The van der Waals surface area contributed by atoms with Gasteiger partial charge in [0.05, 0.1) is 12.3 Å². The van der Waals surface area contributed by atoms with Gasteiger partial charge in [-0.3, -0.25) is 4.68 Å². The maximum absolute atomic E-state index is 5.66. The number of rotatable bonds is 5. The average Bonchev–Trinajstić information content (AvgIpc) is 2.70. The van der Waals surface area contributed by atoms with Gasteiger partial charge in [0, 0.05) is 25.8 Å². The molecule has 0 aliphatic rings. The predicted molar refractivity (Wildman–Crippen MR) is 70.4 cm³/mol. The van der Waals surface area contributed by atoms with Crippen LogP contribution in [0.3, 0.4) is 0 Å².